The second kappa shape index (κ2) is 8.46. The van der Waals surface area contributed by atoms with Gasteiger partial charge >= 0.3 is 0 Å². The van der Waals surface area contributed by atoms with Crippen molar-refractivity contribution in [1.29, 1.82) is 0 Å². The first-order valence-corrected chi connectivity index (χ1v) is 10.3. The number of thiazole rings is 1. The van der Waals surface area contributed by atoms with Gasteiger partial charge in [0.15, 0.2) is 0 Å². The van der Waals surface area contributed by atoms with Gasteiger partial charge in [0.05, 0.1) is 17.8 Å². The molecular formula is C20H26FN3O2S. The molecule has 3 rings (SSSR count). The first kappa shape index (κ1) is 19.9. The van der Waals surface area contributed by atoms with Crippen molar-refractivity contribution in [3.63, 3.8) is 0 Å². The van der Waals surface area contributed by atoms with Crippen LogP contribution in [0.2, 0.25) is 0 Å². The second-order valence-electron chi connectivity index (χ2n) is 6.89. The average molecular weight is 392 g/mol. The maximum Gasteiger partial charge on any atom is 0.256 e. The molecule has 7 heteroatoms. The number of carbonyl (C=O) groups is 1. The molecule has 0 spiro atoms. The first-order valence-electron chi connectivity index (χ1n) is 9.40. The molecule has 1 aliphatic rings. The highest BCUT2D eigenvalue weighted by molar-refractivity contribution is 7.09. The zero-order chi connectivity index (χ0) is 19.4. The second-order valence-corrected chi connectivity index (χ2v) is 7.83. The number of benzene rings is 1. The molecule has 1 aromatic heterocycles. The lowest BCUT2D eigenvalue weighted by molar-refractivity contribution is -0.0242. The van der Waals surface area contributed by atoms with Gasteiger partial charge in [0, 0.05) is 18.5 Å². The van der Waals surface area contributed by atoms with Gasteiger partial charge in [-0.25, -0.2) is 9.37 Å². The molecule has 0 aliphatic carbocycles. The van der Waals surface area contributed by atoms with Gasteiger partial charge in [-0.05, 0) is 38.1 Å². The zero-order valence-electron chi connectivity index (χ0n) is 15.8. The van der Waals surface area contributed by atoms with E-state index in [4.69, 9.17) is 0 Å². The van der Waals surface area contributed by atoms with Crippen LogP contribution >= 0.6 is 11.3 Å². The van der Waals surface area contributed by atoms with Crippen LogP contribution in [0.3, 0.4) is 0 Å². The summed E-state index contributed by atoms with van der Waals surface area (Å²) < 4.78 is 13.9. The van der Waals surface area contributed by atoms with E-state index < -0.39 is 11.4 Å². The number of halogens is 1. The van der Waals surface area contributed by atoms with Gasteiger partial charge in [-0.3, -0.25) is 9.69 Å². The van der Waals surface area contributed by atoms with Crippen LogP contribution in [0.15, 0.2) is 29.6 Å². The number of rotatable bonds is 6. The molecule has 1 amide bonds. The number of carbonyl (C=O) groups excluding carboxylic acids is 1. The Kier molecular flexibility index (Phi) is 6.24. The topological polar surface area (TPSA) is 56.7 Å². The summed E-state index contributed by atoms with van der Waals surface area (Å²) in [5.41, 5.74) is -0.255. The number of aliphatic hydroxyl groups is 1. The summed E-state index contributed by atoms with van der Waals surface area (Å²) in [6, 6.07) is 6.01. The van der Waals surface area contributed by atoms with Crippen molar-refractivity contribution in [1.82, 2.24) is 14.8 Å². The fourth-order valence-corrected chi connectivity index (χ4v) is 4.30. The molecule has 0 radical (unpaired) electrons. The Morgan fingerprint density at radius 2 is 1.96 bits per heavy atom. The SMILES string of the molecule is CCN(CC)Cc1nc(C2(O)CCN(C(=O)c3ccccc3F)CC2)cs1. The van der Waals surface area contributed by atoms with Gasteiger partial charge in [0.2, 0.25) is 0 Å². The zero-order valence-corrected chi connectivity index (χ0v) is 16.6. The van der Waals surface area contributed by atoms with Crippen molar-refractivity contribution in [2.45, 2.75) is 38.8 Å². The van der Waals surface area contributed by atoms with Gasteiger partial charge in [0.25, 0.3) is 5.91 Å². The van der Waals surface area contributed by atoms with E-state index in [1.807, 2.05) is 5.38 Å². The van der Waals surface area contributed by atoms with Crippen LogP contribution in [0.1, 0.15) is 47.7 Å². The Morgan fingerprint density at radius 1 is 1.30 bits per heavy atom. The standard InChI is InChI=1S/C20H26FN3O2S/c1-3-23(4-2)13-18-22-17(14-27-18)20(26)9-11-24(12-10-20)19(25)15-7-5-6-8-16(15)21/h5-8,14,26H,3-4,9-13H2,1-2H3. The highest BCUT2D eigenvalue weighted by Gasteiger charge is 2.37. The maximum absolute atomic E-state index is 13.9. The van der Waals surface area contributed by atoms with Gasteiger partial charge in [-0.2, -0.15) is 0 Å². The summed E-state index contributed by atoms with van der Waals surface area (Å²) in [5, 5.41) is 14.0. The van der Waals surface area contributed by atoms with Gasteiger partial charge < -0.3 is 10.0 Å². The van der Waals surface area contributed by atoms with E-state index in [1.54, 1.807) is 28.4 Å². The average Bonchev–Trinajstić information content (AvgIpc) is 3.16. The van der Waals surface area contributed by atoms with Crippen molar-refractivity contribution in [2.24, 2.45) is 0 Å². The number of amides is 1. The molecule has 1 aliphatic heterocycles. The minimum Gasteiger partial charge on any atom is -0.383 e. The summed E-state index contributed by atoms with van der Waals surface area (Å²) >= 11 is 1.56. The highest BCUT2D eigenvalue weighted by atomic mass is 32.1. The van der Waals surface area contributed by atoms with E-state index in [2.05, 4.69) is 23.7 Å². The summed E-state index contributed by atoms with van der Waals surface area (Å²) in [6.07, 6.45) is 0.809. The van der Waals surface area contributed by atoms with Crippen LogP contribution in [0.5, 0.6) is 0 Å². The third-order valence-corrected chi connectivity index (χ3v) is 6.10. The third kappa shape index (κ3) is 4.36. The number of aromatic nitrogens is 1. The van der Waals surface area contributed by atoms with E-state index in [0.29, 0.717) is 31.6 Å². The minimum absolute atomic E-state index is 0.0816. The van der Waals surface area contributed by atoms with Crippen molar-refractivity contribution in [3.8, 4) is 0 Å². The molecule has 0 saturated carbocycles. The summed E-state index contributed by atoms with van der Waals surface area (Å²) in [7, 11) is 0. The van der Waals surface area contributed by atoms with Crippen molar-refractivity contribution in [3.05, 3.63) is 51.7 Å². The van der Waals surface area contributed by atoms with E-state index in [1.165, 1.54) is 12.1 Å². The predicted molar refractivity (Wildman–Crippen MR) is 104 cm³/mol. The summed E-state index contributed by atoms with van der Waals surface area (Å²) in [4.78, 5) is 21.1. The normalized spacial score (nSPS) is 16.7. The van der Waals surface area contributed by atoms with E-state index in [-0.39, 0.29) is 11.5 Å². The van der Waals surface area contributed by atoms with Crippen molar-refractivity contribution < 1.29 is 14.3 Å². The number of hydrogen-bond acceptors (Lipinski definition) is 5. The van der Waals surface area contributed by atoms with Crippen LogP contribution < -0.4 is 0 Å². The predicted octanol–water partition coefficient (Wildman–Crippen LogP) is 3.25. The number of hydrogen-bond donors (Lipinski definition) is 1. The van der Waals surface area contributed by atoms with Crippen LogP contribution in [0.25, 0.3) is 0 Å². The van der Waals surface area contributed by atoms with Crippen LogP contribution in [0, 0.1) is 5.82 Å². The molecule has 2 heterocycles. The molecular weight excluding hydrogens is 365 g/mol. The molecule has 5 nitrogen and oxygen atoms in total. The Morgan fingerprint density at radius 3 is 2.59 bits per heavy atom. The summed E-state index contributed by atoms with van der Waals surface area (Å²) in [5.74, 6) is -0.834. The third-order valence-electron chi connectivity index (χ3n) is 5.26. The molecule has 0 atom stereocenters. The lowest BCUT2D eigenvalue weighted by atomic mass is 9.88. The first-order chi connectivity index (χ1) is 13.0. The lowest BCUT2D eigenvalue weighted by Crippen LogP contribution is -2.45. The van der Waals surface area contributed by atoms with Gasteiger partial charge in [0.1, 0.15) is 16.4 Å². The van der Waals surface area contributed by atoms with Crippen LogP contribution in [-0.4, -0.2) is 52.0 Å². The molecule has 1 fully saturated rings. The van der Waals surface area contributed by atoms with Crippen molar-refractivity contribution in [2.75, 3.05) is 26.2 Å². The number of nitrogens with zero attached hydrogens (tertiary/aromatic N) is 3. The minimum atomic E-state index is -1.02. The molecule has 1 N–H and O–H groups in total. The fraction of sp³-hybridized carbons (Fsp3) is 0.500. The Hall–Kier alpha value is -1.83. The van der Waals surface area contributed by atoms with Gasteiger partial charge in [-0.1, -0.05) is 26.0 Å². The maximum atomic E-state index is 13.9. The van der Waals surface area contributed by atoms with Gasteiger partial charge in [-0.15, -0.1) is 11.3 Å². The Balaban J connectivity index is 1.65. The van der Waals surface area contributed by atoms with Crippen molar-refractivity contribution >= 4 is 17.2 Å². The van der Waals surface area contributed by atoms with E-state index >= 15 is 0 Å². The largest absolute Gasteiger partial charge is 0.383 e. The fourth-order valence-electron chi connectivity index (χ4n) is 3.38. The number of likely N-dealkylation sites (tertiary alicyclic amines) is 1. The van der Waals surface area contributed by atoms with E-state index in [0.717, 1.165) is 24.6 Å². The molecule has 0 unspecified atom stereocenters. The lowest BCUT2D eigenvalue weighted by Gasteiger charge is -2.37. The quantitative estimate of drug-likeness (QED) is 0.821. The Bertz CT molecular complexity index is 783. The molecule has 27 heavy (non-hydrogen) atoms. The summed E-state index contributed by atoms with van der Waals surface area (Å²) in [6.45, 7) is 7.71. The smallest absolute Gasteiger partial charge is 0.256 e. The molecule has 146 valence electrons. The molecule has 1 aromatic carbocycles. The highest BCUT2D eigenvalue weighted by Crippen LogP contribution is 2.34. The molecule has 1 saturated heterocycles. The molecule has 2 aromatic rings. The van der Waals surface area contributed by atoms with Crippen LogP contribution in [0.4, 0.5) is 4.39 Å². The monoisotopic (exact) mass is 391 g/mol. The van der Waals surface area contributed by atoms with E-state index in [9.17, 15) is 14.3 Å². The van der Waals surface area contributed by atoms with Crippen LogP contribution in [-0.2, 0) is 12.1 Å². The number of piperidine rings is 1. The Labute approximate surface area is 163 Å². The molecule has 0 bridgehead atoms.